The van der Waals surface area contributed by atoms with Gasteiger partial charge in [-0.15, -0.1) is 0 Å². The van der Waals surface area contributed by atoms with Gasteiger partial charge in [0.2, 0.25) is 17.7 Å². The van der Waals surface area contributed by atoms with Gasteiger partial charge in [-0.1, -0.05) is 77.7 Å². The molecule has 1 aromatic carbocycles. The second kappa shape index (κ2) is 14.2. The van der Waals surface area contributed by atoms with E-state index >= 15 is 0 Å². The average Bonchev–Trinajstić information content (AvgIpc) is 3.68. The predicted octanol–water partition coefficient (Wildman–Crippen LogP) is 3.17. The lowest BCUT2D eigenvalue weighted by Crippen LogP contribution is -2.59. The topological polar surface area (TPSA) is 135 Å². The fourth-order valence-corrected chi connectivity index (χ4v) is 8.89. The summed E-state index contributed by atoms with van der Waals surface area (Å²) in [6.07, 6.45) is 9.24. The molecule has 6 rings (SSSR count). The van der Waals surface area contributed by atoms with Crippen LogP contribution in [0.4, 0.5) is 0 Å². The molecule has 5 bridgehead atoms. The molecule has 2 saturated heterocycles. The Bertz CT molecular complexity index is 1410. The van der Waals surface area contributed by atoms with Crippen molar-refractivity contribution in [3.8, 4) is 0 Å². The van der Waals surface area contributed by atoms with Crippen LogP contribution in [0.5, 0.6) is 0 Å². The van der Waals surface area contributed by atoms with Crippen LogP contribution in [0.15, 0.2) is 53.0 Å². The van der Waals surface area contributed by atoms with Gasteiger partial charge in [0.1, 0.15) is 29.8 Å². The van der Waals surface area contributed by atoms with Crippen LogP contribution >= 0.6 is 15.9 Å². The standard InChI is InChI=1S/C35H44BrN3O8/c1-21(19-40)39-31-33(43)38(23-14-8-4-9-15-23)17-11-5-10-16-26(41)37-25(20-45-2)29(22-12-6-3-7-13-22)46-34(44)27-28(32(39)42)35(31)18-24(36)30(27)47-35/h3,5-7,11-13,18,21,23,25,27-31,40H,4,8-10,14-17,19-20H2,1-2H3,(H,37,41)/b11-5-/t21-,25-,27+,28-,29-,30+,31+,35-/m1/s1. The second-order valence-electron chi connectivity index (χ2n) is 13.3. The number of benzene rings is 1. The van der Waals surface area contributed by atoms with E-state index in [4.69, 9.17) is 14.2 Å². The zero-order valence-electron chi connectivity index (χ0n) is 26.9. The third kappa shape index (κ3) is 6.18. The van der Waals surface area contributed by atoms with Gasteiger partial charge in [-0.3, -0.25) is 19.2 Å². The van der Waals surface area contributed by atoms with Crippen LogP contribution < -0.4 is 5.32 Å². The molecule has 0 radical (unpaired) electrons. The first-order valence-electron chi connectivity index (χ1n) is 16.7. The number of allylic oxidation sites excluding steroid dienone is 1. The number of ether oxygens (including phenoxy) is 3. The van der Waals surface area contributed by atoms with Crippen molar-refractivity contribution in [1.29, 1.82) is 0 Å². The number of fused-ring (bicyclic) bond motifs is 2. The van der Waals surface area contributed by atoms with Gasteiger partial charge in [-0.25, -0.2) is 0 Å². The quantitative estimate of drug-likeness (QED) is 0.339. The maximum Gasteiger partial charge on any atom is 0.313 e. The van der Waals surface area contributed by atoms with E-state index in [-0.39, 0.29) is 37.5 Å². The summed E-state index contributed by atoms with van der Waals surface area (Å²) in [5, 5.41) is 13.3. The number of carbonyl (C=O) groups is 4. The number of aliphatic hydroxyl groups excluding tert-OH is 1. The lowest BCUT2D eigenvalue weighted by atomic mass is 9.74. The Morgan fingerprint density at radius 3 is 2.51 bits per heavy atom. The molecule has 11 nitrogen and oxygen atoms in total. The summed E-state index contributed by atoms with van der Waals surface area (Å²) >= 11 is 3.60. The number of halogens is 1. The molecule has 4 aliphatic heterocycles. The zero-order chi connectivity index (χ0) is 33.3. The lowest BCUT2D eigenvalue weighted by Gasteiger charge is -2.41. The number of nitrogens with zero attached hydrogens (tertiary/aromatic N) is 2. The fourth-order valence-electron chi connectivity index (χ4n) is 8.15. The first kappa shape index (κ1) is 33.8. The molecule has 254 valence electrons. The number of esters is 1. The van der Waals surface area contributed by atoms with Gasteiger partial charge in [0.25, 0.3) is 0 Å². The van der Waals surface area contributed by atoms with E-state index in [1.807, 2.05) is 47.4 Å². The van der Waals surface area contributed by atoms with Crippen LogP contribution in [0.1, 0.15) is 63.5 Å². The van der Waals surface area contributed by atoms with E-state index in [1.54, 1.807) is 13.0 Å². The molecule has 1 saturated carbocycles. The van der Waals surface area contributed by atoms with Gasteiger partial charge in [-0.05, 0) is 37.8 Å². The van der Waals surface area contributed by atoms with E-state index < -0.39 is 59.6 Å². The van der Waals surface area contributed by atoms with Crippen LogP contribution in [0.2, 0.25) is 0 Å². The summed E-state index contributed by atoms with van der Waals surface area (Å²) < 4.78 is 18.9. The van der Waals surface area contributed by atoms with E-state index in [9.17, 15) is 24.3 Å². The lowest BCUT2D eigenvalue weighted by molar-refractivity contribution is -0.163. The van der Waals surface area contributed by atoms with Gasteiger partial charge in [0.15, 0.2) is 0 Å². The molecule has 47 heavy (non-hydrogen) atoms. The molecule has 3 fully saturated rings. The number of hydrogen-bond donors (Lipinski definition) is 2. The highest BCUT2D eigenvalue weighted by Gasteiger charge is 2.75. The number of carbonyl (C=O) groups excluding carboxylic acids is 4. The van der Waals surface area contributed by atoms with Crippen LogP contribution in [-0.4, -0.2) is 101 Å². The maximum absolute atomic E-state index is 14.9. The average molecular weight is 715 g/mol. The summed E-state index contributed by atoms with van der Waals surface area (Å²) in [5.41, 5.74) is -0.781. The number of rotatable bonds is 6. The number of nitrogens with one attached hydrogen (secondary N) is 1. The molecule has 2 N–H and O–H groups in total. The van der Waals surface area contributed by atoms with Crippen molar-refractivity contribution in [3.63, 3.8) is 0 Å². The highest BCUT2D eigenvalue weighted by molar-refractivity contribution is 9.11. The van der Waals surface area contributed by atoms with Crippen LogP contribution in [0, 0.1) is 11.8 Å². The van der Waals surface area contributed by atoms with Crippen molar-refractivity contribution < 1.29 is 38.5 Å². The molecular weight excluding hydrogens is 670 g/mol. The molecule has 3 amide bonds. The van der Waals surface area contributed by atoms with Crippen molar-refractivity contribution in [2.75, 3.05) is 26.9 Å². The Hall–Kier alpha value is -3.06. The van der Waals surface area contributed by atoms with E-state index in [2.05, 4.69) is 21.2 Å². The van der Waals surface area contributed by atoms with Crippen molar-refractivity contribution in [2.45, 2.75) is 93.8 Å². The van der Waals surface area contributed by atoms with Crippen molar-refractivity contribution in [2.24, 2.45) is 11.8 Å². The Morgan fingerprint density at radius 1 is 1.06 bits per heavy atom. The molecule has 0 unspecified atom stereocenters. The molecule has 12 heteroatoms. The van der Waals surface area contributed by atoms with E-state index in [0.29, 0.717) is 23.0 Å². The number of hydrogen-bond acceptors (Lipinski definition) is 8. The summed E-state index contributed by atoms with van der Waals surface area (Å²) in [4.78, 5) is 60.2. The van der Waals surface area contributed by atoms with Crippen LogP contribution in [0.25, 0.3) is 0 Å². The largest absolute Gasteiger partial charge is 0.455 e. The Balaban J connectivity index is 1.46. The molecule has 1 spiro atoms. The smallest absolute Gasteiger partial charge is 0.313 e. The summed E-state index contributed by atoms with van der Waals surface area (Å²) in [5.74, 6) is -3.72. The molecule has 1 aromatic rings. The van der Waals surface area contributed by atoms with Crippen molar-refractivity contribution in [3.05, 3.63) is 58.6 Å². The van der Waals surface area contributed by atoms with Gasteiger partial charge in [0.05, 0.1) is 31.2 Å². The number of amides is 3. The summed E-state index contributed by atoms with van der Waals surface area (Å²) in [6.45, 7) is 1.72. The Kier molecular flexibility index (Phi) is 10.2. The molecule has 0 aromatic heterocycles. The summed E-state index contributed by atoms with van der Waals surface area (Å²) in [7, 11) is 1.51. The van der Waals surface area contributed by atoms with Gasteiger partial charge in [0, 0.05) is 30.6 Å². The Labute approximate surface area is 283 Å². The summed E-state index contributed by atoms with van der Waals surface area (Å²) in [6, 6.07) is 6.58. The highest BCUT2D eigenvalue weighted by Crippen LogP contribution is 2.59. The second-order valence-corrected chi connectivity index (χ2v) is 14.2. The van der Waals surface area contributed by atoms with Crippen molar-refractivity contribution >= 4 is 39.6 Å². The third-order valence-electron chi connectivity index (χ3n) is 10.3. The molecule has 4 heterocycles. The SMILES string of the molecule is COC[C@H]1NC(=O)CC/C=C\CN(C2CCCCC2)C(=O)[C@@H]2N([C@H](C)CO)C(=O)[C@H]3[C@H](C(=O)O[C@@H]1c1ccccc1)[C@H]1O[C@@]23C=C1Br. The monoisotopic (exact) mass is 713 g/mol. The zero-order valence-corrected chi connectivity index (χ0v) is 28.5. The van der Waals surface area contributed by atoms with Crippen LogP contribution in [-0.2, 0) is 33.4 Å². The minimum absolute atomic E-state index is 0.0312. The predicted molar refractivity (Wildman–Crippen MR) is 175 cm³/mol. The number of cyclic esters (lactones) is 1. The first-order chi connectivity index (χ1) is 22.7. The van der Waals surface area contributed by atoms with Gasteiger partial charge in [-0.2, -0.15) is 0 Å². The Morgan fingerprint density at radius 2 is 1.81 bits per heavy atom. The van der Waals surface area contributed by atoms with E-state index in [0.717, 1.165) is 32.1 Å². The molecule has 8 atom stereocenters. The minimum atomic E-state index is -1.43. The number of aliphatic hydroxyl groups is 1. The van der Waals surface area contributed by atoms with Crippen molar-refractivity contribution in [1.82, 2.24) is 15.1 Å². The highest BCUT2D eigenvalue weighted by atomic mass is 79.9. The molecule has 1 aliphatic carbocycles. The third-order valence-corrected chi connectivity index (χ3v) is 11.0. The van der Waals surface area contributed by atoms with Gasteiger partial charge >= 0.3 is 5.97 Å². The minimum Gasteiger partial charge on any atom is -0.455 e. The molecular formula is C35H44BrN3O8. The maximum atomic E-state index is 14.9. The number of methoxy groups -OCH3 is 1. The first-order valence-corrected chi connectivity index (χ1v) is 17.5. The normalized spacial score (nSPS) is 34.9. The fraction of sp³-hybridized carbons (Fsp3) is 0.600. The number of likely N-dealkylation sites (tertiary alicyclic amines) is 1. The van der Waals surface area contributed by atoms with Gasteiger partial charge < -0.3 is 34.4 Å². The molecule has 5 aliphatic rings. The van der Waals surface area contributed by atoms with E-state index in [1.165, 1.54) is 12.0 Å². The van der Waals surface area contributed by atoms with Crippen LogP contribution in [0.3, 0.4) is 0 Å².